The van der Waals surface area contributed by atoms with E-state index in [0.29, 0.717) is 12.8 Å². The molecule has 3 amide bonds. The normalized spacial score (nSPS) is 13.6. The van der Waals surface area contributed by atoms with E-state index in [2.05, 4.69) is 34.9 Å². The number of fused-ring (bicyclic) bond motifs is 3. The lowest BCUT2D eigenvalue weighted by atomic mass is 9.98. The van der Waals surface area contributed by atoms with Gasteiger partial charge in [0.1, 0.15) is 17.8 Å². The van der Waals surface area contributed by atoms with Crippen LogP contribution < -0.4 is 10.6 Å². The highest BCUT2D eigenvalue weighted by Gasteiger charge is 2.32. The SMILES string of the molecule is CC(C)(C)OC(=O)N[C@@H](Cc1ccccc1)CN(C[C@H](Cc1ccccc1)NC(=O)OC(C)(C)C)C(=O)OCC1c2ccccc2-c2ccccc21. The van der Waals surface area contributed by atoms with Crippen LogP contribution in [0.5, 0.6) is 0 Å². The molecule has 2 N–H and O–H groups in total. The van der Waals surface area contributed by atoms with Gasteiger partial charge in [-0.25, -0.2) is 14.4 Å². The van der Waals surface area contributed by atoms with Crippen molar-refractivity contribution >= 4 is 18.3 Å². The third-order valence-corrected chi connectivity index (χ3v) is 8.57. The largest absolute Gasteiger partial charge is 0.448 e. The molecular weight excluding hydrogens is 654 g/mol. The zero-order chi connectivity index (χ0) is 37.3. The average Bonchev–Trinajstić information content (AvgIpc) is 3.39. The van der Waals surface area contributed by atoms with E-state index < -0.39 is 41.6 Å². The summed E-state index contributed by atoms with van der Waals surface area (Å²) in [5.74, 6) is -0.141. The number of benzene rings is 4. The molecule has 0 spiro atoms. The highest BCUT2D eigenvalue weighted by molar-refractivity contribution is 5.79. The van der Waals surface area contributed by atoms with Gasteiger partial charge in [0.25, 0.3) is 0 Å². The Kier molecular flexibility index (Phi) is 12.3. The molecule has 4 aromatic rings. The molecule has 1 aliphatic carbocycles. The highest BCUT2D eigenvalue weighted by atomic mass is 16.6. The van der Waals surface area contributed by atoms with Gasteiger partial charge in [-0.15, -0.1) is 0 Å². The monoisotopic (exact) mass is 705 g/mol. The van der Waals surface area contributed by atoms with Gasteiger partial charge in [0, 0.05) is 19.0 Å². The van der Waals surface area contributed by atoms with Crippen LogP contribution in [0, 0.1) is 0 Å². The molecule has 0 heterocycles. The van der Waals surface area contributed by atoms with E-state index in [1.165, 1.54) is 0 Å². The smallest absolute Gasteiger partial charge is 0.409 e. The number of amides is 3. The van der Waals surface area contributed by atoms with E-state index in [0.717, 1.165) is 33.4 Å². The Balaban J connectivity index is 1.44. The van der Waals surface area contributed by atoms with Gasteiger partial charge in [-0.3, -0.25) is 0 Å². The molecule has 0 saturated heterocycles. The predicted molar refractivity (Wildman–Crippen MR) is 203 cm³/mol. The zero-order valence-electron chi connectivity index (χ0n) is 31.1. The van der Waals surface area contributed by atoms with Crippen molar-refractivity contribution < 1.29 is 28.6 Å². The van der Waals surface area contributed by atoms with Crippen molar-refractivity contribution in [2.45, 2.75) is 83.6 Å². The Morgan fingerprint density at radius 1 is 0.596 bits per heavy atom. The van der Waals surface area contributed by atoms with Crippen LogP contribution in [0.4, 0.5) is 14.4 Å². The first-order chi connectivity index (χ1) is 24.7. The molecule has 0 aromatic heterocycles. The average molecular weight is 706 g/mol. The molecule has 52 heavy (non-hydrogen) atoms. The van der Waals surface area contributed by atoms with Crippen molar-refractivity contribution in [1.82, 2.24) is 15.5 Å². The molecule has 9 nitrogen and oxygen atoms in total. The summed E-state index contributed by atoms with van der Waals surface area (Å²) >= 11 is 0. The van der Waals surface area contributed by atoms with Crippen LogP contribution in [0.3, 0.4) is 0 Å². The molecule has 0 bridgehead atoms. The molecule has 1 aliphatic rings. The maximum absolute atomic E-state index is 14.3. The molecule has 274 valence electrons. The summed E-state index contributed by atoms with van der Waals surface area (Å²) in [6.45, 7) is 11.1. The van der Waals surface area contributed by atoms with Crippen molar-refractivity contribution in [2.24, 2.45) is 0 Å². The van der Waals surface area contributed by atoms with Crippen molar-refractivity contribution in [3.05, 3.63) is 131 Å². The van der Waals surface area contributed by atoms with Crippen LogP contribution in [0.25, 0.3) is 11.1 Å². The fraction of sp³-hybridized carbons (Fsp3) is 0.372. The van der Waals surface area contributed by atoms with Gasteiger partial charge in [0.2, 0.25) is 0 Å². The summed E-state index contributed by atoms with van der Waals surface area (Å²) in [5.41, 5.74) is 4.98. The first-order valence-corrected chi connectivity index (χ1v) is 17.9. The van der Waals surface area contributed by atoms with Crippen LogP contribution in [0.15, 0.2) is 109 Å². The fourth-order valence-electron chi connectivity index (χ4n) is 6.51. The molecule has 0 fully saturated rings. The molecular formula is C43H51N3O6. The third kappa shape index (κ3) is 11.1. The number of rotatable bonds is 12. The fourth-order valence-corrected chi connectivity index (χ4v) is 6.51. The molecule has 9 heteroatoms. The summed E-state index contributed by atoms with van der Waals surface area (Å²) in [5, 5.41) is 6.01. The van der Waals surface area contributed by atoms with Crippen LogP contribution >= 0.6 is 0 Å². The maximum Gasteiger partial charge on any atom is 0.409 e. The van der Waals surface area contributed by atoms with Gasteiger partial charge in [-0.05, 0) is 87.8 Å². The molecule has 0 unspecified atom stereocenters. The minimum absolute atomic E-state index is 0.0894. The van der Waals surface area contributed by atoms with E-state index >= 15 is 0 Å². The Morgan fingerprint density at radius 2 is 0.981 bits per heavy atom. The predicted octanol–water partition coefficient (Wildman–Crippen LogP) is 8.51. The second-order valence-corrected chi connectivity index (χ2v) is 15.3. The Labute approximate surface area is 307 Å². The van der Waals surface area contributed by atoms with Gasteiger partial charge < -0.3 is 29.7 Å². The Hall–Kier alpha value is -5.31. The van der Waals surface area contributed by atoms with E-state index in [1.807, 2.05) is 84.9 Å². The van der Waals surface area contributed by atoms with Crippen molar-refractivity contribution in [1.29, 1.82) is 0 Å². The second-order valence-electron chi connectivity index (χ2n) is 15.3. The number of ether oxygens (including phenoxy) is 3. The summed E-state index contributed by atoms with van der Waals surface area (Å²) in [7, 11) is 0. The van der Waals surface area contributed by atoms with Crippen molar-refractivity contribution in [2.75, 3.05) is 19.7 Å². The molecule has 0 aliphatic heterocycles. The summed E-state index contributed by atoms with van der Waals surface area (Å²) in [6, 6.07) is 34.8. The Bertz CT molecular complexity index is 1680. The lowest BCUT2D eigenvalue weighted by Crippen LogP contribution is -2.53. The van der Waals surface area contributed by atoms with Crippen LogP contribution in [0.1, 0.15) is 69.7 Å². The number of hydrogen-bond acceptors (Lipinski definition) is 6. The summed E-state index contributed by atoms with van der Waals surface area (Å²) < 4.78 is 17.4. The number of carbonyl (C=O) groups excluding carboxylic acids is 3. The molecule has 5 rings (SSSR count). The number of carbonyl (C=O) groups is 3. The minimum Gasteiger partial charge on any atom is -0.448 e. The highest BCUT2D eigenvalue weighted by Crippen LogP contribution is 2.44. The van der Waals surface area contributed by atoms with Gasteiger partial charge in [0.15, 0.2) is 0 Å². The van der Waals surface area contributed by atoms with E-state index in [-0.39, 0.29) is 25.6 Å². The van der Waals surface area contributed by atoms with Gasteiger partial charge in [-0.1, -0.05) is 109 Å². The number of hydrogen-bond donors (Lipinski definition) is 2. The summed E-state index contributed by atoms with van der Waals surface area (Å²) in [6.07, 6.45) is -0.885. The minimum atomic E-state index is -0.716. The van der Waals surface area contributed by atoms with Crippen LogP contribution in [0.2, 0.25) is 0 Å². The number of nitrogens with one attached hydrogen (secondary N) is 2. The van der Waals surface area contributed by atoms with Crippen molar-refractivity contribution in [3.63, 3.8) is 0 Å². The lowest BCUT2D eigenvalue weighted by molar-refractivity contribution is 0.0461. The first-order valence-electron chi connectivity index (χ1n) is 17.9. The molecule has 0 saturated carbocycles. The van der Waals surface area contributed by atoms with Crippen molar-refractivity contribution in [3.8, 4) is 11.1 Å². The summed E-state index contributed by atoms with van der Waals surface area (Å²) in [4.78, 5) is 42.2. The standard InChI is InChI=1S/C43H51N3O6/c1-42(2,3)51-39(47)44-32(25-30-17-9-7-10-18-30)27-46(28-33(26-31-19-11-8-12-20-31)45-40(48)52-43(4,5)6)41(49)50-29-38-36-23-15-13-21-34(36)35-22-14-16-24-37(35)38/h7-24,32-33,38H,25-29H2,1-6H3,(H,44,47)(H,45,48)/t32-,33-/m0/s1. The van der Waals surface area contributed by atoms with Gasteiger partial charge in [0.05, 0.1) is 12.1 Å². The number of alkyl carbamates (subject to hydrolysis) is 2. The lowest BCUT2D eigenvalue weighted by Gasteiger charge is -2.32. The molecule has 4 aromatic carbocycles. The quantitative estimate of drug-likeness (QED) is 0.143. The second kappa shape index (κ2) is 16.8. The van der Waals surface area contributed by atoms with Crippen LogP contribution in [-0.2, 0) is 27.1 Å². The van der Waals surface area contributed by atoms with E-state index in [4.69, 9.17) is 14.2 Å². The first kappa shape index (κ1) is 37.9. The molecule has 0 radical (unpaired) electrons. The molecule has 2 atom stereocenters. The number of nitrogens with zero attached hydrogens (tertiary/aromatic N) is 1. The zero-order valence-corrected chi connectivity index (χ0v) is 31.1. The van der Waals surface area contributed by atoms with Crippen LogP contribution in [-0.4, -0.2) is 66.2 Å². The third-order valence-electron chi connectivity index (χ3n) is 8.57. The van der Waals surface area contributed by atoms with E-state index in [9.17, 15) is 14.4 Å². The van der Waals surface area contributed by atoms with E-state index in [1.54, 1.807) is 46.4 Å². The Morgan fingerprint density at radius 3 is 1.38 bits per heavy atom. The van der Waals surface area contributed by atoms with Gasteiger partial charge >= 0.3 is 18.3 Å². The maximum atomic E-state index is 14.3. The van der Waals surface area contributed by atoms with Gasteiger partial charge in [-0.2, -0.15) is 0 Å². The topological polar surface area (TPSA) is 106 Å².